The third-order valence-electron chi connectivity index (χ3n) is 4.62. The van der Waals surface area contributed by atoms with Gasteiger partial charge in [-0.05, 0) is 12.1 Å². The largest absolute Gasteiger partial charge is 0.496 e. The molecule has 174 valence electrons. The number of methoxy groups -OCH3 is 3. The normalized spacial score (nSPS) is 11.6. The number of hydrogen-bond acceptors (Lipinski definition) is 9. The molecule has 0 fully saturated rings. The van der Waals surface area contributed by atoms with E-state index in [9.17, 15) is 18.5 Å². The number of benzene rings is 2. The number of non-ortho nitro benzene ring substituents is 1. The molecule has 11 nitrogen and oxygen atoms in total. The summed E-state index contributed by atoms with van der Waals surface area (Å²) in [6.45, 7) is 3.81. The minimum absolute atomic E-state index is 0.0955. The molecule has 12 heteroatoms. The summed E-state index contributed by atoms with van der Waals surface area (Å²) in [5.41, 5.74) is 2.96. The van der Waals surface area contributed by atoms with Crippen LogP contribution in [0.5, 0.6) is 17.2 Å². The smallest absolute Gasteiger partial charge is 0.270 e. The average Bonchev–Trinajstić information content (AvgIpc) is 2.79. The second kappa shape index (κ2) is 10.8. The number of hydrogen-bond donors (Lipinski definition) is 1. The summed E-state index contributed by atoms with van der Waals surface area (Å²) in [4.78, 5) is 10.3. The van der Waals surface area contributed by atoms with E-state index in [-0.39, 0.29) is 29.4 Å². The van der Waals surface area contributed by atoms with Crippen molar-refractivity contribution in [1.29, 1.82) is 0 Å². The molecule has 1 N–H and O–H groups in total. The van der Waals surface area contributed by atoms with Crippen molar-refractivity contribution in [3.8, 4) is 17.2 Å². The van der Waals surface area contributed by atoms with Crippen molar-refractivity contribution in [3.63, 3.8) is 0 Å². The van der Waals surface area contributed by atoms with Gasteiger partial charge in [-0.25, -0.2) is 8.42 Å². The first-order chi connectivity index (χ1) is 15.2. The van der Waals surface area contributed by atoms with Crippen LogP contribution in [-0.4, -0.2) is 58.3 Å². The van der Waals surface area contributed by atoms with Crippen LogP contribution in [0.1, 0.15) is 19.4 Å². The number of nitrogens with one attached hydrogen (secondary N) is 1. The lowest BCUT2D eigenvalue weighted by molar-refractivity contribution is -0.385. The van der Waals surface area contributed by atoms with E-state index in [1.165, 1.54) is 44.0 Å². The Hall–Kier alpha value is -3.38. The highest BCUT2D eigenvalue weighted by atomic mass is 32.2. The standard InChI is InChI=1S/C20H26N4O7S/c1-6-23(7-2)32(27,28)20-11-15(24(25)26)8-9-16(20)22-21-13-14-10-18(30-4)19(31-5)12-17(14)29-3/h8-13,22H,6-7H2,1-5H3/b21-13-. The van der Waals surface area contributed by atoms with E-state index in [0.717, 1.165) is 6.07 Å². The van der Waals surface area contributed by atoms with Crippen LogP contribution < -0.4 is 19.6 Å². The topological polar surface area (TPSA) is 133 Å². The summed E-state index contributed by atoms with van der Waals surface area (Å²) < 4.78 is 43.1. The summed E-state index contributed by atoms with van der Waals surface area (Å²) in [5.74, 6) is 1.38. The molecule has 0 unspecified atom stereocenters. The van der Waals surface area contributed by atoms with E-state index in [1.807, 2.05) is 0 Å². The molecular formula is C20H26N4O7S. The highest BCUT2D eigenvalue weighted by Crippen LogP contribution is 2.34. The zero-order valence-corrected chi connectivity index (χ0v) is 19.3. The van der Waals surface area contributed by atoms with Gasteiger partial charge < -0.3 is 14.2 Å². The molecule has 0 aliphatic heterocycles. The molecule has 0 aromatic heterocycles. The number of anilines is 1. The van der Waals surface area contributed by atoms with Crippen molar-refractivity contribution in [3.05, 3.63) is 46.0 Å². The van der Waals surface area contributed by atoms with Crippen molar-refractivity contribution in [1.82, 2.24) is 4.31 Å². The van der Waals surface area contributed by atoms with Crippen molar-refractivity contribution < 1.29 is 27.6 Å². The second-order valence-electron chi connectivity index (χ2n) is 6.35. The molecule has 0 radical (unpaired) electrons. The molecule has 0 atom stereocenters. The van der Waals surface area contributed by atoms with E-state index < -0.39 is 14.9 Å². The first-order valence-electron chi connectivity index (χ1n) is 9.61. The van der Waals surface area contributed by atoms with Crippen LogP contribution in [0.4, 0.5) is 11.4 Å². The lowest BCUT2D eigenvalue weighted by atomic mass is 10.2. The molecule has 2 aromatic carbocycles. The summed E-state index contributed by atoms with van der Waals surface area (Å²) in [6, 6.07) is 6.80. The van der Waals surface area contributed by atoms with E-state index in [1.54, 1.807) is 26.0 Å². The number of rotatable bonds is 11. The number of ether oxygens (including phenoxy) is 3. The third-order valence-corrected chi connectivity index (χ3v) is 6.71. The Balaban J connectivity index is 2.48. The van der Waals surface area contributed by atoms with E-state index in [0.29, 0.717) is 22.8 Å². The number of sulfonamides is 1. The van der Waals surface area contributed by atoms with Gasteiger partial charge in [-0.15, -0.1) is 0 Å². The lowest BCUT2D eigenvalue weighted by Crippen LogP contribution is -2.31. The van der Waals surface area contributed by atoms with Crippen LogP contribution in [-0.2, 0) is 10.0 Å². The molecule has 0 spiro atoms. The van der Waals surface area contributed by atoms with Gasteiger partial charge in [0.25, 0.3) is 5.69 Å². The summed E-state index contributed by atoms with van der Waals surface area (Å²) in [6.07, 6.45) is 1.41. The SMILES string of the molecule is CCN(CC)S(=O)(=O)c1cc([N+](=O)[O-])ccc1N/N=C\c1cc(OC)c(OC)cc1OC. The second-order valence-corrected chi connectivity index (χ2v) is 8.25. The van der Waals surface area contributed by atoms with E-state index in [2.05, 4.69) is 10.5 Å². The number of nitro groups is 1. The maximum Gasteiger partial charge on any atom is 0.270 e. The molecule has 2 rings (SSSR count). The van der Waals surface area contributed by atoms with Crippen molar-refractivity contribution in [2.75, 3.05) is 39.8 Å². The molecule has 0 aliphatic rings. The molecule has 0 amide bonds. The zero-order chi connectivity index (χ0) is 23.9. The Morgan fingerprint density at radius 2 is 1.62 bits per heavy atom. The van der Waals surface area contributed by atoms with Gasteiger partial charge in [0.2, 0.25) is 10.0 Å². The molecule has 0 saturated heterocycles. The highest BCUT2D eigenvalue weighted by molar-refractivity contribution is 7.89. The maximum absolute atomic E-state index is 13.0. The lowest BCUT2D eigenvalue weighted by Gasteiger charge is -2.20. The minimum atomic E-state index is -3.98. The minimum Gasteiger partial charge on any atom is -0.496 e. The van der Waals surface area contributed by atoms with Crippen LogP contribution >= 0.6 is 0 Å². The van der Waals surface area contributed by atoms with Crippen LogP contribution in [0.25, 0.3) is 0 Å². The van der Waals surface area contributed by atoms with Gasteiger partial charge in [-0.1, -0.05) is 13.8 Å². The Kier molecular flexibility index (Phi) is 8.38. The molecule has 0 bridgehead atoms. The fourth-order valence-corrected chi connectivity index (χ4v) is 4.58. The van der Waals surface area contributed by atoms with E-state index >= 15 is 0 Å². The molecule has 32 heavy (non-hydrogen) atoms. The number of nitro benzene ring substituents is 1. The molecule has 0 saturated carbocycles. The zero-order valence-electron chi connectivity index (χ0n) is 18.5. The Morgan fingerprint density at radius 3 is 2.16 bits per heavy atom. The van der Waals surface area contributed by atoms with Crippen molar-refractivity contribution >= 4 is 27.6 Å². The van der Waals surface area contributed by atoms with Gasteiger partial charge in [0.05, 0.1) is 38.2 Å². The molecule has 2 aromatic rings. The van der Waals surface area contributed by atoms with E-state index in [4.69, 9.17) is 14.2 Å². The number of nitrogens with zero attached hydrogens (tertiary/aromatic N) is 3. The first-order valence-corrected chi connectivity index (χ1v) is 11.0. The van der Waals surface area contributed by atoms with Crippen LogP contribution in [0.2, 0.25) is 0 Å². The summed E-state index contributed by atoms with van der Waals surface area (Å²) >= 11 is 0. The van der Waals surface area contributed by atoms with Crippen molar-refractivity contribution in [2.45, 2.75) is 18.7 Å². The number of hydrazone groups is 1. The van der Waals surface area contributed by atoms with Crippen LogP contribution in [0, 0.1) is 10.1 Å². The third kappa shape index (κ3) is 5.26. The fraction of sp³-hybridized carbons (Fsp3) is 0.350. The van der Waals surface area contributed by atoms with Gasteiger partial charge >= 0.3 is 0 Å². The Morgan fingerprint density at radius 1 is 1.03 bits per heavy atom. The predicted octanol–water partition coefficient (Wildman–Crippen LogP) is 3.10. The Bertz CT molecular complexity index is 1100. The van der Waals surface area contributed by atoms with Crippen LogP contribution in [0.3, 0.4) is 0 Å². The quantitative estimate of drug-likeness (QED) is 0.303. The molecule has 0 aliphatic carbocycles. The van der Waals surface area contributed by atoms with Crippen LogP contribution in [0.15, 0.2) is 40.3 Å². The van der Waals surface area contributed by atoms with Gasteiger partial charge in [0.15, 0.2) is 11.5 Å². The maximum atomic E-state index is 13.0. The average molecular weight is 467 g/mol. The monoisotopic (exact) mass is 466 g/mol. The first kappa shape index (κ1) is 24.9. The highest BCUT2D eigenvalue weighted by Gasteiger charge is 2.27. The molecule has 0 heterocycles. The van der Waals surface area contributed by atoms with Gasteiger partial charge in [-0.3, -0.25) is 15.5 Å². The van der Waals surface area contributed by atoms with Gasteiger partial charge in [0, 0.05) is 36.9 Å². The van der Waals surface area contributed by atoms with Crippen molar-refractivity contribution in [2.24, 2.45) is 5.10 Å². The Labute approximate surface area is 186 Å². The van der Waals surface area contributed by atoms with Gasteiger partial charge in [0.1, 0.15) is 10.6 Å². The molecular weight excluding hydrogens is 440 g/mol. The predicted molar refractivity (Wildman–Crippen MR) is 121 cm³/mol. The summed E-state index contributed by atoms with van der Waals surface area (Å²) in [5, 5.41) is 15.3. The fourth-order valence-electron chi connectivity index (χ4n) is 2.96. The van der Waals surface area contributed by atoms with Gasteiger partial charge in [-0.2, -0.15) is 9.41 Å². The summed E-state index contributed by atoms with van der Waals surface area (Å²) in [7, 11) is 0.489.